The highest BCUT2D eigenvalue weighted by Gasteiger charge is 2.25. The van der Waals surface area contributed by atoms with Crippen molar-refractivity contribution in [3.8, 4) is 11.9 Å². The van der Waals surface area contributed by atoms with E-state index in [1.807, 2.05) is 6.07 Å². The summed E-state index contributed by atoms with van der Waals surface area (Å²) in [5.41, 5.74) is 1.83. The van der Waals surface area contributed by atoms with E-state index in [1.165, 1.54) is 17.3 Å². The molecule has 0 aliphatic carbocycles. The van der Waals surface area contributed by atoms with Crippen LogP contribution in [0.2, 0.25) is 0 Å². The number of nitrogens with one attached hydrogen (secondary N) is 2. The summed E-state index contributed by atoms with van der Waals surface area (Å²) in [6.07, 6.45) is 3.24. The Labute approximate surface area is 199 Å². The largest absolute Gasteiger partial charge is 0.472 e. The van der Waals surface area contributed by atoms with E-state index < -0.39 is 6.09 Å². The van der Waals surface area contributed by atoms with Gasteiger partial charge in [0.2, 0.25) is 5.88 Å². The molecule has 0 aromatic carbocycles. The fourth-order valence-electron chi connectivity index (χ4n) is 3.50. The van der Waals surface area contributed by atoms with Crippen molar-refractivity contribution in [2.75, 3.05) is 23.7 Å². The molecule has 1 atom stereocenters. The van der Waals surface area contributed by atoms with Crippen molar-refractivity contribution in [1.29, 1.82) is 5.26 Å². The van der Waals surface area contributed by atoms with Crippen molar-refractivity contribution >= 4 is 40.0 Å². The summed E-state index contributed by atoms with van der Waals surface area (Å²) in [6, 6.07) is 8.52. The quantitative estimate of drug-likeness (QED) is 0.481. The van der Waals surface area contributed by atoms with Crippen LogP contribution >= 0.6 is 11.5 Å². The van der Waals surface area contributed by atoms with Crippen molar-refractivity contribution in [2.45, 2.75) is 25.9 Å². The lowest BCUT2D eigenvalue weighted by Gasteiger charge is -2.30. The lowest BCUT2D eigenvalue weighted by atomic mass is 10.1. The van der Waals surface area contributed by atoms with E-state index in [2.05, 4.69) is 25.0 Å². The Hall–Kier alpha value is -4.24. The van der Waals surface area contributed by atoms with Gasteiger partial charge in [-0.05, 0) is 49.5 Å². The number of hydrogen-bond acceptors (Lipinski definition) is 9. The molecule has 2 amide bonds. The minimum atomic E-state index is -0.958. The minimum Gasteiger partial charge on any atom is -0.472 e. The van der Waals surface area contributed by atoms with Crippen LogP contribution in [0.3, 0.4) is 0 Å². The van der Waals surface area contributed by atoms with Gasteiger partial charge >= 0.3 is 6.09 Å². The Kier molecular flexibility index (Phi) is 6.84. The highest BCUT2D eigenvalue weighted by molar-refractivity contribution is 7.10. The summed E-state index contributed by atoms with van der Waals surface area (Å²) in [5, 5.41) is 24.6. The summed E-state index contributed by atoms with van der Waals surface area (Å²) < 4.78 is 10.1. The Morgan fingerprint density at radius 1 is 1.32 bits per heavy atom. The molecule has 1 fully saturated rings. The number of nitrogens with zero attached hydrogens (tertiary/aromatic N) is 5. The van der Waals surface area contributed by atoms with Crippen LogP contribution in [0.4, 0.5) is 21.3 Å². The molecular weight excluding hydrogens is 458 g/mol. The van der Waals surface area contributed by atoms with Crippen molar-refractivity contribution in [3.05, 3.63) is 53.5 Å². The third kappa shape index (κ3) is 5.38. The van der Waals surface area contributed by atoms with Crippen LogP contribution in [0.15, 0.2) is 36.7 Å². The van der Waals surface area contributed by atoms with E-state index in [9.17, 15) is 9.59 Å². The SMILES string of the molecule is Cc1nsc(Nc2cc(C#N)ccn2)c1C(=O)Nc1ccc(OC2CCCN(C(=O)O)C2)nc1. The predicted octanol–water partition coefficient (Wildman–Crippen LogP) is 3.63. The molecule has 34 heavy (non-hydrogen) atoms. The second-order valence-corrected chi connectivity index (χ2v) is 8.36. The zero-order valence-electron chi connectivity index (χ0n) is 18.2. The van der Waals surface area contributed by atoms with Crippen LogP contribution in [-0.4, -0.2) is 55.5 Å². The molecule has 1 unspecified atom stereocenters. The van der Waals surface area contributed by atoms with Gasteiger partial charge in [-0.2, -0.15) is 9.64 Å². The number of carbonyl (C=O) groups is 2. The van der Waals surface area contributed by atoms with Gasteiger partial charge in [0.05, 0.1) is 41.3 Å². The Balaban J connectivity index is 1.41. The maximum absolute atomic E-state index is 13.0. The normalized spacial score (nSPS) is 15.3. The third-order valence-electron chi connectivity index (χ3n) is 5.15. The maximum Gasteiger partial charge on any atom is 0.407 e. The molecule has 12 heteroatoms. The fourth-order valence-corrected chi connectivity index (χ4v) is 4.31. The standard InChI is InChI=1S/C22H21N7O4S/c1-13-19(21(34-28-13)27-17-9-14(10-23)6-7-24-17)20(30)26-15-4-5-18(25-11-15)33-16-3-2-8-29(12-16)22(31)32/h4-7,9,11,16H,2-3,8,12H2,1H3,(H,24,27)(H,26,30)(H,31,32). The first-order valence-corrected chi connectivity index (χ1v) is 11.2. The Morgan fingerprint density at radius 2 is 2.18 bits per heavy atom. The van der Waals surface area contributed by atoms with Crippen molar-refractivity contribution < 1.29 is 19.4 Å². The number of amides is 2. The number of pyridine rings is 2. The molecule has 11 nitrogen and oxygen atoms in total. The molecule has 0 saturated carbocycles. The van der Waals surface area contributed by atoms with Gasteiger partial charge in [0.1, 0.15) is 16.9 Å². The minimum absolute atomic E-state index is 0.265. The predicted molar refractivity (Wildman–Crippen MR) is 125 cm³/mol. The molecule has 3 N–H and O–H groups in total. The van der Waals surface area contributed by atoms with Gasteiger partial charge in [-0.3, -0.25) is 4.79 Å². The Morgan fingerprint density at radius 3 is 2.91 bits per heavy atom. The van der Waals surface area contributed by atoms with Gasteiger partial charge in [0, 0.05) is 18.8 Å². The second kappa shape index (κ2) is 10.1. The smallest absolute Gasteiger partial charge is 0.407 e. The number of carbonyl (C=O) groups excluding carboxylic acids is 1. The van der Waals surface area contributed by atoms with Crippen LogP contribution < -0.4 is 15.4 Å². The number of aryl methyl sites for hydroxylation is 1. The van der Waals surface area contributed by atoms with Gasteiger partial charge in [0.15, 0.2) is 0 Å². The fraction of sp³-hybridized carbons (Fsp3) is 0.273. The number of likely N-dealkylation sites (tertiary alicyclic amines) is 1. The topological polar surface area (TPSA) is 153 Å². The number of nitriles is 1. The maximum atomic E-state index is 13.0. The summed E-state index contributed by atoms with van der Waals surface area (Å²) in [4.78, 5) is 33.9. The first kappa shape index (κ1) is 22.9. The number of rotatable bonds is 6. The zero-order valence-corrected chi connectivity index (χ0v) is 19.0. The first-order chi connectivity index (χ1) is 16.4. The average molecular weight is 480 g/mol. The molecule has 0 radical (unpaired) electrons. The van der Waals surface area contributed by atoms with E-state index in [0.29, 0.717) is 52.3 Å². The molecule has 174 valence electrons. The molecule has 1 aliphatic rings. The molecule has 0 bridgehead atoms. The highest BCUT2D eigenvalue weighted by atomic mass is 32.1. The van der Waals surface area contributed by atoms with Crippen molar-refractivity contribution in [2.24, 2.45) is 0 Å². The van der Waals surface area contributed by atoms with E-state index in [4.69, 9.17) is 15.1 Å². The zero-order chi connectivity index (χ0) is 24.1. The first-order valence-electron chi connectivity index (χ1n) is 10.4. The second-order valence-electron chi connectivity index (χ2n) is 7.59. The monoisotopic (exact) mass is 479 g/mol. The molecule has 3 aromatic heterocycles. The number of piperidine rings is 1. The Bertz CT molecular complexity index is 1240. The summed E-state index contributed by atoms with van der Waals surface area (Å²) >= 11 is 1.12. The van der Waals surface area contributed by atoms with Gasteiger partial charge < -0.3 is 25.4 Å². The molecule has 0 spiro atoms. The van der Waals surface area contributed by atoms with E-state index in [0.717, 1.165) is 24.4 Å². The lowest BCUT2D eigenvalue weighted by molar-refractivity contribution is 0.0767. The van der Waals surface area contributed by atoms with Crippen LogP contribution in [0.25, 0.3) is 0 Å². The van der Waals surface area contributed by atoms with Gasteiger partial charge in [0.25, 0.3) is 5.91 Å². The number of hydrogen-bond donors (Lipinski definition) is 3. The number of anilines is 3. The summed E-state index contributed by atoms with van der Waals surface area (Å²) in [6.45, 7) is 2.53. The van der Waals surface area contributed by atoms with Gasteiger partial charge in [-0.1, -0.05) is 0 Å². The molecule has 4 rings (SSSR count). The number of carboxylic acid groups (broad SMARTS) is 1. The van der Waals surface area contributed by atoms with Gasteiger partial charge in [-0.25, -0.2) is 14.8 Å². The van der Waals surface area contributed by atoms with E-state index in [1.54, 1.807) is 31.2 Å². The van der Waals surface area contributed by atoms with Crippen molar-refractivity contribution in [3.63, 3.8) is 0 Å². The molecule has 3 aromatic rings. The molecular formula is C22H21N7O4S. The highest BCUT2D eigenvalue weighted by Crippen LogP contribution is 2.28. The third-order valence-corrected chi connectivity index (χ3v) is 6.00. The van der Waals surface area contributed by atoms with Crippen LogP contribution in [0.5, 0.6) is 5.88 Å². The van der Waals surface area contributed by atoms with Gasteiger partial charge in [-0.15, -0.1) is 0 Å². The molecule has 4 heterocycles. The summed E-state index contributed by atoms with van der Waals surface area (Å²) in [5.74, 6) is 0.420. The molecule has 1 aliphatic heterocycles. The van der Waals surface area contributed by atoms with Crippen molar-refractivity contribution in [1.82, 2.24) is 19.2 Å². The number of aromatic nitrogens is 3. The summed E-state index contributed by atoms with van der Waals surface area (Å²) in [7, 11) is 0. The average Bonchev–Trinajstić information content (AvgIpc) is 3.20. The van der Waals surface area contributed by atoms with Crippen LogP contribution in [0.1, 0.15) is 34.5 Å². The van der Waals surface area contributed by atoms with E-state index in [-0.39, 0.29) is 12.0 Å². The molecule has 1 saturated heterocycles. The number of ether oxygens (including phenoxy) is 1. The van der Waals surface area contributed by atoms with E-state index >= 15 is 0 Å². The lowest BCUT2D eigenvalue weighted by Crippen LogP contribution is -2.43. The van der Waals surface area contributed by atoms with Crippen LogP contribution in [-0.2, 0) is 0 Å². The van der Waals surface area contributed by atoms with Crippen LogP contribution in [0, 0.1) is 18.3 Å².